The van der Waals surface area contributed by atoms with Crippen molar-refractivity contribution in [2.75, 3.05) is 7.11 Å². The predicted molar refractivity (Wildman–Crippen MR) is 93.5 cm³/mol. The number of methoxy groups -OCH3 is 1. The zero-order valence-corrected chi connectivity index (χ0v) is 15.0. The van der Waals surface area contributed by atoms with Crippen LogP contribution in [0.25, 0.3) is 0 Å². The SMILES string of the molecule is COC(=O)[C@H](Cc1ccccc1)NC(=O)[C@@H](N)C(C(=O)O)C(=O)CC(C)=O. The predicted octanol–water partition coefficient (Wildman–Crippen LogP) is -0.537. The van der Waals surface area contributed by atoms with Gasteiger partial charge in [0.2, 0.25) is 5.91 Å². The first-order chi connectivity index (χ1) is 12.7. The van der Waals surface area contributed by atoms with E-state index in [4.69, 9.17) is 5.73 Å². The van der Waals surface area contributed by atoms with Crippen molar-refractivity contribution < 1.29 is 33.8 Å². The van der Waals surface area contributed by atoms with Crippen LogP contribution in [0.3, 0.4) is 0 Å². The van der Waals surface area contributed by atoms with E-state index in [1.807, 2.05) is 0 Å². The second-order valence-electron chi connectivity index (χ2n) is 5.96. The first-order valence-electron chi connectivity index (χ1n) is 8.10. The smallest absolute Gasteiger partial charge is 0.328 e. The van der Waals surface area contributed by atoms with Crippen molar-refractivity contribution in [1.29, 1.82) is 0 Å². The van der Waals surface area contributed by atoms with Crippen LogP contribution in [0.2, 0.25) is 0 Å². The van der Waals surface area contributed by atoms with Gasteiger partial charge in [0.25, 0.3) is 0 Å². The molecule has 3 atom stereocenters. The highest BCUT2D eigenvalue weighted by Crippen LogP contribution is 2.10. The Morgan fingerprint density at radius 3 is 2.22 bits per heavy atom. The van der Waals surface area contributed by atoms with Crippen molar-refractivity contribution >= 4 is 29.4 Å². The molecule has 1 aromatic rings. The standard InChI is InChI=1S/C18H22N2O7/c1-10(21)8-13(22)14(17(24)25)15(19)16(23)20-12(18(26)27-2)9-11-6-4-3-5-7-11/h3-7,12,14-15H,8-9,19H2,1-2H3,(H,20,23)(H,24,25)/t12-,14?,15-/m0/s1. The van der Waals surface area contributed by atoms with Crippen LogP contribution in [0.1, 0.15) is 18.9 Å². The van der Waals surface area contributed by atoms with Gasteiger partial charge >= 0.3 is 11.9 Å². The third kappa shape index (κ3) is 6.63. The van der Waals surface area contributed by atoms with E-state index in [1.54, 1.807) is 30.3 Å². The number of esters is 1. The number of carboxylic acids is 1. The van der Waals surface area contributed by atoms with Crippen LogP contribution < -0.4 is 11.1 Å². The largest absolute Gasteiger partial charge is 0.481 e. The number of carboxylic acid groups (broad SMARTS) is 1. The summed E-state index contributed by atoms with van der Waals surface area (Å²) in [7, 11) is 1.14. The summed E-state index contributed by atoms with van der Waals surface area (Å²) in [6.45, 7) is 1.12. The summed E-state index contributed by atoms with van der Waals surface area (Å²) < 4.78 is 4.65. The number of nitrogens with two attached hydrogens (primary N) is 1. The number of carbonyl (C=O) groups is 5. The Bertz CT molecular complexity index is 718. The van der Waals surface area contributed by atoms with Gasteiger partial charge in [-0.15, -0.1) is 0 Å². The summed E-state index contributed by atoms with van der Waals surface area (Å²) in [6, 6.07) is 5.86. The molecule has 0 saturated heterocycles. The fraction of sp³-hybridized carbons (Fsp3) is 0.389. The molecule has 0 aromatic heterocycles. The maximum absolute atomic E-state index is 12.4. The summed E-state index contributed by atoms with van der Waals surface area (Å²) in [5.74, 6) is -6.80. The average molecular weight is 378 g/mol. The number of ketones is 2. The molecule has 0 aliphatic carbocycles. The van der Waals surface area contributed by atoms with Gasteiger partial charge in [-0.05, 0) is 12.5 Å². The maximum atomic E-state index is 12.4. The Morgan fingerprint density at radius 2 is 1.74 bits per heavy atom. The van der Waals surface area contributed by atoms with E-state index in [0.717, 1.165) is 19.6 Å². The summed E-state index contributed by atoms with van der Waals surface area (Å²) in [5.41, 5.74) is 6.37. The van der Waals surface area contributed by atoms with E-state index >= 15 is 0 Å². The van der Waals surface area contributed by atoms with Crippen LogP contribution >= 0.6 is 0 Å². The zero-order valence-electron chi connectivity index (χ0n) is 15.0. The minimum absolute atomic E-state index is 0.0884. The van der Waals surface area contributed by atoms with Gasteiger partial charge in [-0.1, -0.05) is 30.3 Å². The number of hydrogen-bond donors (Lipinski definition) is 3. The van der Waals surface area contributed by atoms with Gasteiger partial charge in [0.05, 0.1) is 13.5 Å². The molecule has 1 unspecified atom stereocenters. The lowest BCUT2D eigenvalue weighted by Crippen LogP contribution is -2.55. The molecule has 4 N–H and O–H groups in total. The number of Topliss-reactive ketones (excluding diaryl/α,β-unsaturated/α-hetero) is 2. The highest BCUT2D eigenvalue weighted by molar-refractivity contribution is 6.10. The molecule has 0 saturated carbocycles. The van der Waals surface area contributed by atoms with E-state index < -0.39 is 53.8 Å². The van der Waals surface area contributed by atoms with E-state index in [-0.39, 0.29) is 6.42 Å². The molecule has 0 aliphatic heterocycles. The quantitative estimate of drug-likeness (QED) is 0.362. The summed E-state index contributed by atoms with van der Waals surface area (Å²) >= 11 is 0. The van der Waals surface area contributed by atoms with Crippen molar-refractivity contribution in [3.63, 3.8) is 0 Å². The number of benzene rings is 1. The molecule has 9 heteroatoms. The molecule has 0 fully saturated rings. The van der Waals surface area contributed by atoms with Gasteiger partial charge in [0, 0.05) is 6.42 Å². The van der Waals surface area contributed by atoms with Crippen molar-refractivity contribution in [3.05, 3.63) is 35.9 Å². The van der Waals surface area contributed by atoms with Gasteiger partial charge in [0.1, 0.15) is 23.8 Å². The maximum Gasteiger partial charge on any atom is 0.328 e. The van der Waals surface area contributed by atoms with Gasteiger partial charge in [-0.2, -0.15) is 0 Å². The van der Waals surface area contributed by atoms with Gasteiger partial charge in [0.15, 0.2) is 5.78 Å². The van der Waals surface area contributed by atoms with Crippen LogP contribution in [0.5, 0.6) is 0 Å². The molecular formula is C18H22N2O7. The Morgan fingerprint density at radius 1 is 1.15 bits per heavy atom. The molecule has 1 amide bonds. The topological polar surface area (TPSA) is 153 Å². The molecule has 27 heavy (non-hydrogen) atoms. The number of aliphatic carboxylic acids is 1. The number of carbonyl (C=O) groups excluding carboxylic acids is 4. The third-order valence-corrected chi connectivity index (χ3v) is 3.78. The Hall–Kier alpha value is -3.07. The number of amides is 1. The lowest BCUT2D eigenvalue weighted by Gasteiger charge is -2.22. The van der Waals surface area contributed by atoms with Crippen LogP contribution in [-0.4, -0.2) is 53.7 Å². The zero-order chi connectivity index (χ0) is 20.6. The minimum atomic E-state index is -1.90. The Kier molecular flexibility index (Phi) is 8.28. The lowest BCUT2D eigenvalue weighted by molar-refractivity contribution is -0.150. The Balaban J connectivity index is 2.94. The number of rotatable bonds is 10. The Labute approximate surface area is 155 Å². The molecule has 0 aliphatic rings. The summed E-state index contributed by atoms with van der Waals surface area (Å²) in [4.78, 5) is 58.7. The van der Waals surface area contributed by atoms with Gasteiger partial charge in [-0.3, -0.25) is 19.2 Å². The molecule has 0 bridgehead atoms. The highest BCUT2D eigenvalue weighted by Gasteiger charge is 2.38. The molecule has 0 radical (unpaired) electrons. The molecular weight excluding hydrogens is 356 g/mol. The third-order valence-electron chi connectivity index (χ3n) is 3.78. The monoisotopic (exact) mass is 378 g/mol. The molecule has 146 valence electrons. The molecule has 1 aromatic carbocycles. The van der Waals surface area contributed by atoms with Gasteiger partial charge < -0.3 is 20.9 Å². The van der Waals surface area contributed by atoms with Crippen LogP contribution in [0.15, 0.2) is 30.3 Å². The first-order valence-corrected chi connectivity index (χ1v) is 8.10. The molecule has 9 nitrogen and oxygen atoms in total. The molecule has 0 spiro atoms. The van der Waals surface area contributed by atoms with Crippen molar-refractivity contribution in [2.45, 2.75) is 31.8 Å². The minimum Gasteiger partial charge on any atom is -0.481 e. The van der Waals surface area contributed by atoms with E-state index in [1.165, 1.54) is 0 Å². The van der Waals surface area contributed by atoms with Crippen LogP contribution in [0, 0.1) is 5.92 Å². The van der Waals surface area contributed by atoms with Crippen molar-refractivity contribution in [1.82, 2.24) is 5.32 Å². The van der Waals surface area contributed by atoms with Crippen LogP contribution in [-0.2, 0) is 35.1 Å². The van der Waals surface area contributed by atoms with Gasteiger partial charge in [-0.25, -0.2) is 4.79 Å². The lowest BCUT2D eigenvalue weighted by atomic mass is 9.92. The normalized spacial score (nSPS) is 13.7. The first kappa shape index (κ1) is 22.0. The number of nitrogens with one attached hydrogen (secondary N) is 1. The molecule has 1 rings (SSSR count). The van der Waals surface area contributed by atoms with Crippen LogP contribution in [0.4, 0.5) is 0 Å². The fourth-order valence-corrected chi connectivity index (χ4v) is 2.45. The van der Waals surface area contributed by atoms with E-state index in [9.17, 15) is 29.1 Å². The van der Waals surface area contributed by atoms with Crippen molar-refractivity contribution in [2.24, 2.45) is 11.7 Å². The second kappa shape index (κ2) is 10.2. The summed E-state index contributed by atoms with van der Waals surface area (Å²) in [5, 5.41) is 11.5. The fourth-order valence-electron chi connectivity index (χ4n) is 2.45. The highest BCUT2D eigenvalue weighted by atomic mass is 16.5. The molecule has 0 heterocycles. The number of ether oxygens (including phenoxy) is 1. The number of hydrogen-bond acceptors (Lipinski definition) is 7. The summed E-state index contributed by atoms with van der Waals surface area (Å²) in [6.07, 6.45) is -0.562. The van der Waals surface area contributed by atoms with E-state index in [0.29, 0.717) is 0 Å². The average Bonchev–Trinajstić information content (AvgIpc) is 2.60. The van der Waals surface area contributed by atoms with Crippen molar-refractivity contribution in [3.8, 4) is 0 Å². The second-order valence-corrected chi connectivity index (χ2v) is 5.96. The van der Waals surface area contributed by atoms with E-state index in [2.05, 4.69) is 10.1 Å².